The molecule has 0 saturated carbocycles. The highest BCUT2D eigenvalue weighted by Gasteiger charge is 2.32. The minimum absolute atomic E-state index is 0.282. The molecule has 0 radical (unpaired) electrons. The zero-order chi connectivity index (χ0) is 12.3. The molecule has 2 aliphatic heterocycles. The van der Waals surface area contributed by atoms with Gasteiger partial charge in [-0.2, -0.15) is 0 Å². The highest BCUT2D eigenvalue weighted by atomic mass is 16.7. The van der Waals surface area contributed by atoms with Crippen LogP contribution in [0.3, 0.4) is 0 Å². The Bertz CT molecular complexity index is 631. The lowest BCUT2D eigenvalue weighted by molar-refractivity contribution is 0.174. The molecule has 4 rings (SSSR count). The smallest absolute Gasteiger partial charge is 0.231 e. The van der Waals surface area contributed by atoms with E-state index in [0.29, 0.717) is 6.79 Å². The van der Waals surface area contributed by atoms with Gasteiger partial charge in [0, 0.05) is 23.5 Å². The van der Waals surface area contributed by atoms with Crippen LogP contribution in [0.4, 0.5) is 0 Å². The maximum Gasteiger partial charge on any atom is 0.231 e. The van der Waals surface area contributed by atoms with Gasteiger partial charge in [0.1, 0.15) is 0 Å². The van der Waals surface area contributed by atoms with Crippen molar-refractivity contribution < 1.29 is 9.47 Å². The Morgan fingerprint density at radius 2 is 2.00 bits per heavy atom. The molecule has 18 heavy (non-hydrogen) atoms. The molecule has 1 aromatic heterocycles. The van der Waals surface area contributed by atoms with Crippen molar-refractivity contribution in [1.29, 1.82) is 0 Å². The van der Waals surface area contributed by atoms with E-state index in [0.717, 1.165) is 11.5 Å². The van der Waals surface area contributed by atoms with Crippen molar-refractivity contribution in [3.05, 3.63) is 41.7 Å². The van der Waals surface area contributed by atoms with Crippen LogP contribution in [0.15, 0.2) is 30.5 Å². The Balaban J connectivity index is 1.99. The van der Waals surface area contributed by atoms with Crippen LogP contribution in [0.5, 0.6) is 11.5 Å². The zero-order valence-corrected chi connectivity index (χ0v) is 10.4. The second-order valence-electron chi connectivity index (χ2n) is 4.93. The first kappa shape index (κ1) is 10.0. The first-order chi connectivity index (χ1) is 8.75. The second kappa shape index (κ2) is 3.29. The van der Waals surface area contributed by atoms with E-state index in [1.165, 1.54) is 16.9 Å². The van der Waals surface area contributed by atoms with E-state index in [4.69, 9.17) is 9.47 Å². The van der Waals surface area contributed by atoms with E-state index in [1.807, 2.05) is 0 Å². The molecular weight excluding hydrogens is 228 g/mol. The predicted octanol–water partition coefficient (Wildman–Crippen LogP) is 2.17. The van der Waals surface area contributed by atoms with Crippen LogP contribution < -0.4 is 9.47 Å². The molecule has 0 fully saturated rings. The van der Waals surface area contributed by atoms with Gasteiger partial charge in [0.05, 0.1) is 11.7 Å². The first-order valence-electron chi connectivity index (χ1n) is 6.03. The quantitative estimate of drug-likeness (QED) is 0.766. The number of hydrogen-bond donors (Lipinski definition) is 0. The Labute approximate surface area is 105 Å². The standard InChI is InChI=1S/C14H14N2O2/c1-15(2)14-9-6-12-13(18-8-17-12)7-11(9)16-5-3-4-10(14)16/h3-7,14H,8H2,1-2H3. The summed E-state index contributed by atoms with van der Waals surface area (Å²) in [6, 6.07) is 8.71. The van der Waals surface area contributed by atoms with E-state index in [-0.39, 0.29) is 6.04 Å². The molecule has 0 spiro atoms. The lowest BCUT2D eigenvalue weighted by Crippen LogP contribution is -2.18. The van der Waals surface area contributed by atoms with Crippen molar-refractivity contribution in [2.75, 3.05) is 20.9 Å². The van der Waals surface area contributed by atoms with Crippen LogP contribution >= 0.6 is 0 Å². The molecule has 2 aliphatic rings. The van der Waals surface area contributed by atoms with Crippen LogP contribution in [0.25, 0.3) is 5.69 Å². The summed E-state index contributed by atoms with van der Waals surface area (Å²) in [5, 5.41) is 0. The molecule has 2 aromatic rings. The molecule has 0 saturated heterocycles. The number of fused-ring (bicyclic) bond motifs is 4. The van der Waals surface area contributed by atoms with Gasteiger partial charge < -0.3 is 14.0 Å². The third kappa shape index (κ3) is 1.13. The van der Waals surface area contributed by atoms with Crippen molar-refractivity contribution in [2.24, 2.45) is 0 Å². The van der Waals surface area contributed by atoms with Gasteiger partial charge in [-0.25, -0.2) is 0 Å². The Hall–Kier alpha value is -1.94. The highest BCUT2D eigenvalue weighted by molar-refractivity contribution is 5.61. The molecular formula is C14H14N2O2. The van der Waals surface area contributed by atoms with Crippen molar-refractivity contribution >= 4 is 0 Å². The summed E-state index contributed by atoms with van der Waals surface area (Å²) in [6.45, 7) is 0.323. The monoisotopic (exact) mass is 242 g/mol. The molecule has 1 aromatic carbocycles. The number of aromatic nitrogens is 1. The lowest BCUT2D eigenvalue weighted by atomic mass is 10.0. The van der Waals surface area contributed by atoms with E-state index in [9.17, 15) is 0 Å². The highest BCUT2D eigenvalue weighted by Crippen LogP contribution is 2.45. The normalized spacial score (nSPS) is 19.2. The molecule has 0 bridgehead atoms. The van der Waals surface area contributed by atoms with Gasteiger partial charge in [0.2, 0.25) is 6.79 Å². The molecule has 4 heteroatoms. The molecule has 4 nitrogen and oxygen atoms in total. The molecule has 0 amide bonds. The van der Waals surface area contributed by atoms with E-state index < -0.39 is 0 Å². The Kier molecular flexibility index (Phi) is 1.84. The van der Waals surface area contributed by atoms with Crippen LogP contribution in [0.2, 0.25) is 0 Å². The lowest BCUT2D eigenvalue weighted by Gasteiger charge is -2.20. The largest absolute Gasteiger partial charge is 0.454 e. The van der Waals surface area contributed by atoms with E-state index >= 15 is 0 Å². The summed E-state index contributed by atoms with van der Waals surface area (Å²) in [6.07, 6.45) is 2.10. The van der Waals surface area contributed by atoms with Crippen molar-refractivity contribution in [3.63, 3.8) is 0 Å². The summed E-state index contributed by atoms with van der Waals surface area (Å²) < 4.78 is 13.2. The number of rotatable bonds is 1. The molecule has 92 valence electrons. The average molecular weight is 242 g/mol. The topological polar surface area (TPSA) is 26.6 Å². The fourth-order valence-electron chi connectivity index (χ4n) is 2.91. The minimum atomic E-state index is 0.282. The van der Waals surface area contributed by atoms with Gasteiger partial charge in [0.25, 0.3) is 0 Å². The van der Waals surface area contributed by atoms with Crippen LogP contribution in [-0.4, -0.2) is 30.4 Å². The molecule has 1 atom stereocenters. The fraction of sp³-hybridized carbons (Fsp3) is 0.286. The predicted molar refractivity (Wildman–Crippen MR) is 67.4 cm³/mol. The summed E-state index contributed by atoms with van der Waals surface area (Å²) >= 11 is 0. The molecule has 3 heterocycles. The van der Waals surface area contributed by atoms with Gasteiger partial charge >= 0.3 is 0 Å². The maximum absolute atomic E-state index is 5.48. The first-order valence-corrected chi connectivity index (χ1v) is 6.03. The van der Waals surface area contributed by atoms with Crippen molar-refractivity contribution in [1.82, 2.24) is 9.47 Å². The van der Waals surface area contributed by atoms with E-state index in [1.54, 1.807) is 0 Å². The minimum Gasteiger partial charge on any atom is -0.454 e. The van der Waals surface area contributed by atoms with E-state index in [2.05, 4.69) is 54.0 Å². The average Bonchev–Trinajstić information content (AvgIpc) is 2.99. The van der Waals surface area contributed by atoms with Crippen LogP contribution in [-0.2, 0) is 0 Å². The van der Waals surface area contributed by atoms with Crippen LogP contribution in [0.1, 0.15) is 17.3 Å². The summed E-state index contributed by atoms with van der Waals surface area (Å²) in [5.41, 5.74) is 3.76. The third-order valence-electron chi connectivity index (χ3n) is 3.65. The van der Waals surface area contributed by atoms with Gasteiger partial charge in [-0.3, -0.25) is 4.90 Å². The van der Waals surface area contributed by atoms with Crippen molar-refractivity contribution in [2.45, 2.75) is 6.04 Å². The SMILES string of the molecule is CN(C)C1c2cc3c(cc2-n2cccc21)OCO3. The molecule has 1 unspecified atom stereocenters. The Morgan fingerprint density at radius 1 is 1.22 bits per heavy atom. The number of nitrogens with zero attached hydrogens (tertiary/aromatic N) is 2. The summed E-state index contributed by atoms with van der Waals surface area (Å²) in [5.74, 6) is 1.69. The fourth-order valence-corrected chi connectivity index (χ4v) is 2.91. The van der Waals surface area contributed by atoms with Gasteiger partial charge in [-0.05, 0) is 32.3 Å². The molecule has 0 N–H and O–H groups in total. The maximum atomic E-state index is 5.48. The van der Waals surface area contributed by atoms with Gasteiger partial charge in [-0.1, -0.05) is 0 Å². The Morgan fingerprint density at radius 3 is 2.78 bits per heavy atom. The third-order valence-corrected chi connectivity index (χ3v) is 3.65. The second-order valence-corrected chi connectivity index (χ2v) is 4.93. The number of benzene rings is 1. The number of hydrogen-bond acceptors (Lipinski definition) is 3. The van der Waals surface area contributed by atoms with Gasteiger partial charge in [0.15, 0.2) is 11.5 Å². The number of ether oxygens (including phenoxy) is 2. The summed E-state index contributed by atoms with van der Waals surface area (Å²) in [7, 11) is 4.20. The van der Waals surface area contributed by atoms with Crippen LogP contribution in [0, 0.1) is 0 Å². The van der Waals surface area contributed by atoms with Gasteiger partial charge in [-0.15, -0.1) is 0 Å². The van der Waals surface area contributed by atoms with Crippen molar-refractivity contribution in [3.8, 4) is 17.2 Å². The summed E-state index contributed by atoms with van der Waals surface area (Å²) in [4.78, 5) is 2.22. The zero-order valence-electron chi connectivity index (χ0n) is 10.4. The molecule has 0 aliphatic carbocycles.